The molecule has 0 saturated carbocycles. The monoisotopic (exact) mass is 267 g/mol. The van der Waals surface area contributed by atoms with Gasteiger partial charge in [0.15, 0.2) is 0 Å². The third kappa shape index (κ3) is 3.41. The molecule has 0 bridgehead atoms. The lowest BCUT2D eigenvalue weighted by Gasteiger charge is -2.20. The lowest BCUT2D eigenvalue weighted by Crippen LogP contribution is -2.04. The van der Waals surface area contributed by atoms with E-state index in [0.29, 0.717) is 12.5 Å². The first-order chi connectivity index (χ1) is 9.59. The highest BCUT2D eigenvalue weighted by Crippen LogP contribution is 2.34. The number of para-hydroxylation sites is 1. The molecule has 0 spiro atoms. The highest BCUT2D eigenvalue weighted by atomic mass is 16.5. The fourth-order valence-electron chi connectivity index (χ4n) is 2.31. The van der Waals surface area contributed by atoms with E-state index in [2.05, 4.69) is 58.0 Å². The second-order valence-electron chi connectivity index (χ2n) is 5.60. The van der Waals surface area contributed by atoms with Crippen LogP contribution in [0.15, 0.2) is 48.5 Å². The Labute approximate surface area is 122 Å². The highest BCUT2D eigenvalue weighted by Gasteiger charge is 2.14. The second kappa shape index (κ2) is 6.60. The summed E-state index contributed by atoms with van der Waals surface area (Å²) in [6.45, 7) is 11.2. The lowest BCUT2D eigenvalue weighted by atomic mass is 9.94. The fraction of sp³-hybridized carbons (Fsp3) is 0.316. The summed E-state index contributed by atoms with van der Waals surface area (Å²) in [5.41, 5.74) is 3.63. The van der Waals surface area contributed by atoms with Crippen LogP contribution >= 0.6 is 0 Å². The van der Waals surface area contributed by atoms with Gasteiger partial charge in [-0.25, -0.2) is 0 Å². The van der Waals surface area contributed by atoms with E-state index in [0.717, 1.165) is 5.75 Å². The molecule has 0 saturated heterocycles. The minimum absolute atomic E-state index is 0.222. The van der Waals surface area contributed by atoms with E-state index < -0.39 is 0 Å². The summed E-state index contributed by atoms with van der Waals surface area (Å²) in [5, 5.41) is 0. The maximum atomic E-state index is 6.14. The van der Waals surface area contributed by atoms with E-state index in [4.69, 9.17) is 4.74 Å². The second-order valence-corrected chi connectivity index (χ2v) is 5.60. The van der Waals surface area contributed by atoms with Gasteiger partial charge < -0.3 is 4.74 Å². The van der Waals surface area contributed by atoms with Crippen molar-refractivity contribution in [3.63, 3.8) is 0 Å². The minimum atomic E-state index is 0.222. The molecule has 0 aliphatic carbocycles. The summed E-state index contributed by atoms with van der Waals surface area (Å²) in [5.74, 6) is 1.67. The van der Waals surface area contributed by atoms with Gasteiger partial charge >= 0.3 is 0 Å². The third-order valence-corrected chi connectivity index (χ3v) is 3.45. The van der Waals surface area contributed by atoms with E-state index in [1.807, 2.05) is 18.2 Å². The molecule has 0 aromatic heterocycles. The number of rotatable bonds is 5. The summed E-state index contributed by atoms with van der Waals surface area (Å²) < 4.78 is 6.14. The van der Waals surface area contributed by atoms with Crippen molar-refractivity contribution in [2.75, 3.05) is 0 Å². The van der Waals surface area contributed by atoms with Gasteiger partial charge in [0.25, 0.3) is 0 Å². The zero-order valence-corrected chi connectivity index (χ0v) is 12.6. The van der Waals surface area contributed by atoms with Gasteiger partial charge in [0.05, 0.1) is 0 Å². The molecule has 1 radical (unpaired) electrons. The smallest absolute Gasteiger partial charge is 0.126 e. The van der Waals surface area contributed by atoms with Crippen molar-refractivity contribution in [1.29, 1.82) is 0 Å². The largest absolute Gasteiger partial charge is 0.488 e. The number of hydrogen-bond donors (Lipinski definition) is 0. The predicted molar refractivity (Wildman–Crippen MR) is 85.1 cm³/mol. The van der Waals surface area contributed by atoms with Crippen molar-refractivity contribution in [1.82, 2.24) is 0 Å². The summed E-state index contributed by atoms with van der Waals surface area (Å²) in [6.07, 6.45) is 0. The molecule has 1 nitrogen and oxygen atoms in total. The van der Waals surface area contributed by atoms with Crippen molar-refractivity contribution in [2.45, 2.75) is 39.2 Å². The Kier molecular flexibility index (Phi) is 4.84. The zero-order chi connectivity index (χ0) is 14.5. The highest BCUT2D eigenvalue weighted by molar-refractivity contribution is 5.45. The molecule has 0 aliphatic rings. The Hall–Kier alpha value is -1.76. The Bertz CT molecular complexity index is 515. The summed E-state index contributed by atoms with van der Waals surface area (Å²) >= 11 is 0. The Balaban J connectivity index is 2.28. The van der Waals surface area contributed by atoms with E-state index in [-0.39, 0.29) is 5.92 Å². The Morgan fingerprint density at radius 3 is 2.15 bits per heavy atom. The standard InChI is InChI=1S/C19H23O/c1-14(2)17-11-8-12-18(15(3)4)19(17)20-13-16-9-6-5-7-10-16/h5-12,14-15H,1,13H2,2-4H3. The van der Waals surface area contributed by atoms with Crippen LogP contribution in [0.5, 0.6) is 5.75 Å². The third-order valence-electron chi connectivity index (χ3n) is 3.45. The van der Waals surface area contributed by atoms with Crippen LogP contribution in [-0.4, -0.2) is 0 Å². The van der Waals surface area contributed by atoms with Crippen LogP contribution in [0.1, 0.15) is 49.3 Å². The summed E-state index contributed by atoms with van der Waals surface area (Å²) in [6, 6.07) is 16.6. The molecular weight excluding hydrogens is 244 g/mol. The SMILES string of the molecule is [CH2]C(C)c1cccc(C(C)C)c1OCc1ccccc1. The van der Waals surface area contributed by atoms with E-state index >= 15 is 0 Å². The first-order valence-electron chi connectivity index (χ1n) is 7.22. The molecule has 1 atom stereocenters. The van der Waals surface area contributed by atoms with Gasteiger partial charge in [0.2, 0.25) is 0 Å². The van der Waals surface area contributed by atoms with Gasteiger partial charge in [-0.3, -0.25) is 0 Å². The van der Waals surface area contributed by atoms with E-state index in [1.165, 1.54) is 16.7 Å². The molecule has 105 valence electrons. The van der Waals surface area contributed by atoms with Crippen LogP contribution in [0, 0.1) is 6.92 Å². The van der Waals surface area contributed by atoms with Gasteiger partial charge in [-0.2, -0.15) is 0 Å². The van der Waals surface area contributed by atoms with Crippen LogP contribution in [0.3, 0.4) is 0 Å². The summed E-state index contributed by atoms with van der Waals surface area (Å²) in [4.78, 5) is 0. The molecule has 2 rings (SSSR count). The molecule has 2 aromatic carbocycles. The van der Waals surface area contributed by atoms with Gasteiger partial charge in [-0.1, -0.05) is 69.3 Å². The molecule has 1 unspecified atom stereocenters. The number of ether oxygens (including phenoxy) is 1. The zero-order valence-electron chi connectivity index (χ0n) is 12.6. The normalized spacial score (nSPS) is 11.1. The van der Waals surface area contributed by atoms with Gasteiger partial charge in [-0.05, 0) is 35.4 Å². The number of benzene rings is 2. The number of hydrogen-bond acceptors (Lipinski definition) is 1. The van der Waals surface area contributed by atoms with Crippen LogP contribution in [0.25, 0.3) is 0 Å². The molecular formula is C19H23O. The molecule has 1 heteroatoms. The molecule has 0 N–H and O–H groups in total. The van der Waals surface area contributed by atoms with Gasteiger partial charge in [0, 0.05) is 0 Å². The molecule has 20 heavy (non-hydrogen) atoms. The van der Waals surface area contributed by atoms with Gasteiger partial charge in [-0.15, -0.1) is 0 Å². The van der Waals surface area contributed by atoms with Gasteiger partial charge in [0.1, 0.15) is 12.4 Å². The van der Waals surface area contributed by atoms with Crippen LogP contribution in [0.2, 0.25) is 0 Å². The lowest BCUT2D eigenvalue weighted by molar-refractivity contribution is 0.298. The average Bonchev–Trinajstić information content (AvgIpc) is 2.45. The molecule has 0 amide bonds. The van der Waals surface area contributed by atoms with E-state index in [1.54, 1.807) is 0 Å². The van der Waals surface area contributed by atoms with Crippen molar-refractivity contribution >= 4 is 0 Å². The molecule has 0 aliphatic heterocycles. The van der Waals surface area contributed by atoms with Crippen molar-refractivity contribution in [3.8, 4) is 5.75 Å². The topological polar surface area (TPSA) is 9.23 Å². The first-order valence-corrected chi connectivity index (χ1v) is 7.22. The van der Waals surface area contributed by atoms with Crippen LogP contribution in [0.4, 0.5) is 0 Å². The summed E-state index contributed by atoms with van der Waals surface area (Å²) in [7, 11) is 0. The van der Waals surface area contributed by atoms with Crippen LogP contribution in [-0.2, 0) is 6.61 Å². The molecule has 0 heterocycles. The maximum Gasteiger partial charge on any atom is 0.126 e. The van der Waals surface area contributed by atoms with Crippen LogP contribution < -0.4 is 4.74 Å². The fourth-order valence-corrected chi connectivity index (χ4v) is 2.31. The average molecular weight is 267 g/mol. The first kappa shape index (κ1) is 14.6. The Morgan fingerprint density at radius 1 is 0.900 bits per heavy atom. The van der Waals surface area contributed by atoms with Crippen molar-refractivity contribution in [2.24, 2.45) is 0 Å². The van der Waals surface area contributed by atoms with Crippen molar-refractivity contribution < 1.29 is 4.74 Å². The van der Waals surface area contributed by atoms with Crippen molar-refractivity contribution in [3.05, 3.63) is 72.1 Å². The quantitative estimate of drug-likeness (QED) is 0.711. The van der Waals surface area contributed by atoms with E-state index in [9.17, 15) is 0 Å². The maximum absolute atomic E-state index is 6.14. The minimum Gasteiger partial charge on any atom is -0.488 e. The molecule has 0 fully saturated rings. The molecule has 2 aromatic rings. The Morgan fingerprint density at radius 2 is 1.55 bits per heavy atom. The predicted octanol–water partition coefficient (Wildman–Crippen LogP) is 5.33.